The Hall–Kier alpha value is -0.120. The molecule has 0 radical (unpaired) electrons. The summed E-state index contributed by atoms with van der Waals surface area (Å²) in [5.41, 5.74) is -0.214. The molecule has 1 heterocycles. The van der Waals surface area contributed by atoms with Crippen molar-refractivity contribution in [3.63, 3.8) is 0 Å². The van der Waals surface area contributed by atoms with Crippen LogP contribution in [0, 0.1) is 0 Å². The number of nitrogens with one attached hydrogen (secondary N) is 1. The van der Waals surface area contributed by atoms with Crippen molar-refractivity contribution >= 4 is 0 Å². The van der Waals surface area contributed by atoms with Gasteiger partial charge in [0, 0.05) is 0 Å². The second kappa shape index (κ2) is 2.69. The Kier molecular flexibility index (Phi) is 1.70. The highest BCUT2D eigenvalue weighted by atomic mass is 17.2. The minimum Gasteiger partial charge on any atom is -0.256 e. The Labute approximate surface area is 78.7 Å². The van der Waals surface area contributed by atoms with Gasteiger partial charge in [0.1, 0.15) is 0 Å². The summed E-state index contributed by atoms with van der Waals surface area (Å²) in [7, 11) is 0. The van der Waals surface area contributed by atoms with Crippen molar-refractivity contribution in [2.45, 2.75) is 62.8 Å². The van der Waals surface area contributed by atoms with Crippen molar-refractivity contribution in [1.29, 1.82) is 0 Å². The second-order valence-corrected chi connectivity index (χ2v) is 4.69. The van der Waals surface area contributed by atoms with Crippen LogP contribution in [0.25, 0.3) is 0 Å². The van der Waals surface area contributed by atoms with Gasteiger partial charge in [0.15, 0.2) is 11.4 Å². The molecule has 0 aromatic carbocycles. The fourth-order valence-electron chi connectivity index (χ4n) is 2.93. The van der Waals surface area contributed by atoms with Crippen LogP contribution in [0.2, 0.25) is 0 Å². The average molecular weight is 183 g/mol. The molecular weight excluding hydrogens is 166 g/mol. The van der Waals surface area contributed by atoms with Crippen LogP contribution in [-0.2, 0) is 9.78 Å². The van der Waals surface area contributed by atoms with Crippen LogP contribution in [0.5, 0.6) is 0 Å². The molecule has 3 heteroatoms. The number of hydrogen-bond donors (Lipinski definition) is 1. The summed E-state index contributed by atoms with van der Waals surface area (Å²) in [5.74, 6) is 0. The molecule has 3 fully saturated rings. The summed E-state index contributed by atoms with van der Waals surface area (Å²) in [6.45, 7) is 0. The first-order valence-corrected chi connectivity index (χ1v) is 5.49. The molecule has 13 heavy (non-hydrogen) atoms. The highest BCUT2D eigenvalue weighted by Gasteiger charge is 2.52. The van der Waals surface area contributed by atoms with Gasteiger partial charge in [0.2, 0.25) is 0 Å². The highest BCUT2D eigenvalue weighted by Crippen LogP contribution is 2.44. The summed E-state index contributed by atoms with van der Waals surface area (Å²) < 4.78 is 0. The minimum atomic E-state index is -0.107. The largest absolute Gasteiger partial charge is 0.256 e. The van der Waals surface area contributed by atoms with Crippen molar-refractivity contribution in [2.24, 2.45) is 0 Å². The lowest BCUT2D eigenvalue weighted by Crippen LogP contribution is -2.48. The molecule has 2 spiro atoms. The van der Waals surface area contributed by atoms with E-state index >= 15 is 0 Å². The molecule has 0 aromatic rings. The fraction of sp³-hybridized carbons (Fsp3) is 1.00. The Morgan fingerprint density at radius 2 is 1.08 bits per heavy atom. The molecule has 74 valence electrons. The van der Waals surface area contributed by atoms with Gasteiger partial charge in [-0.15, -0.1) is 0 Å². The van der Waals surface area contributed by atoms with E-state index in [9.17, 15) is 0 Å². The second-order valence-electron chi connectivity index (χ2n) is 4.69. The van der Waals surface area contributed by atoms with Gasteiger partial charge in [-0.05, 0) is 51.4 Å². The van der Waals surface area contributed by atoms with Crippen LogP contribution in [0.15, 0.2) is 0 Å². The third-order valence-electron chi connectivity index (χ3n) is 3.64. The average Bonchev–Trinajstić information content (AvgIpc) is 2.81. The molecule has 2 saturated carbocycles. The molecule has 2 aliphatic carbocycles. The van der Waals surface area contributed by atoms with Gasteiger partial charge in [-0.2, -0.15) is 0 Å². The Balaban J connectivity index is 1.76. The van der Waals surface area contributed by atoms with Gasteiger partial charge in [-0.25, -0.2) is 9.78 Å². The molecule has 3 aliphatic rings. The van der Waals surface area contributed by atoms with Gasteiger partial charge in [-0.1, -0.05) is 0 Å². The molecule has 1 N–H and O–H groups in total. The molecular formula is C10H17NO2. The van der Waals surface area contributed by atoms with E-state index in [0.717, 1.165) is 25.7 Å². The topological polar surface area (TPSA) is 30.5 Å². The standard InChI is InChI=1S/C10H17NO2/c1-2-6-9(5-1)11-10(13-12-9)7-3-4-8-10/h11H,1-8H2. The Bertz CT molecular complexity index is 183. The highest BCUT2D eigenvalue weighted by molar-refractivity contribution is 4.95. The molecule has 0 bridgehead atoms. The zero-order chi connectivity index (χ0) is 8.78. The van der Waals surface area contributed by atoms with E-state index in [0.29, 0.717) is 0 Å². The van der Waals surface area contributed by atoms with Crippen LogP contribution >= 0.6 is 0 Å². The monoisotopic (exact) mass is 183 g/mol. The van der Waals surface area contributed by atoms with E-state index in [2.05, 4.69) is 5.32 Å². The quantitative estimate of drug-likeness (QED) is 0.583. The molecule has 0 aromatic heterocycles. The van der Waals surface area contributed by atoms with Crippen molar-refractivity contribution in [2.75, 3.05) is 0 Å². The summed E-state index contributed by atoms with van der Waals surface area (Å²) in [6.07, 6.45) is 9.56. The lowest BCUT2D eigenvalue weighted by Gasteiger charge is -2.23. The Morgan fingerprint density at radius 3 is 1.46 bits per heavy atom. The summed E-state index contributed by atoms with van der Waals surface area (Å²) >= 11 is 0. The molecule has 0 amide bonds. The van der Waals surface area contributed by atoms with E-state index in [4.69, 9.17) is 9.78 Å². The first kappa shape index (κ1) is 8.21. The van der Waals surface area contributed by atoms with Crippen LogP contribution in [-0.4, -0.2) is 11.4 Å². The normalized spacial score (nSPS) is 35.1. The fourth-order valence-corrected chi connectivity index (χ4v) is 2.93. The predicted molar refractivity (Wildman–Crippen MR) is 47.7 cm³/mol. The summed E-state index contributed by atoms with van der Waals surface area (Å²) in [6, 6.07) is 0. The number of hydrogen-bond acceptors (Lipinski definition) is 3. The summed E-state index contributed by atoms with van der Waals surface area (Å²) in [5, 5.41) is 3.60. The van der Waals surface area contributed by atoms with Crippen LogP contribution in [0.1, 0.15) is 51.4 Å². The number of rotatable bonds is 0. The third-order valence-corrected chi connectivity index (χ3v) is 3.64. The molecule has 3 rings (SSSR count). The maximum absolute atomic E-state index is 5.53. The third kappa shape index (κ3) is 1.22. The lowest BCUT2D eigenvalue weighted by molar-refractivity contribution is -0.348. The first-order chi connectivity index (χ1) is 6.33. The Morgan fingerprint density at radius 1 is 0.692 bits per heavy atom. The van der Waals surface area contributed by atoms with E-state index in [-0.39, 0.29) is 11.4 Å². The molecule has 0 atom stereocenters. The van der Waals surface area contributed by atoms with Gasteiger partial charge in [0.25, 0.3) is 0 Å². The van der Waals surface area contributed by atoms with Crippen molar-refractivity contribution in [1.82, 2.24) is 5.32 Å². The maximum Gasteiger partial charge on any atom is 0.156 e. The van der Waals surface area contributed by atoms with Crippen LogP contribution < -0.4 is 5.32 Å². The first-order valence-electron chi connectivity index (χ1n) is 5.49. The van der Waals surface area contributed by atoms with Gasteiger partial charge >= 0.3 is 0 Å². The van der Waals surface area contributed by atoms with E-state index < -0.39 is 0 Å². The van der Waals surface area contributed by atoms with Gasteiger partial charge in [0.05, 0.1) is 0 Å². The SMILES string of the molecule is C1CCC2(C1)NC1(CCCC1)OO2. The van der Waals surface area contributed by atoms with Crippen molar-refractivity contribution < 1.29 is 9.78 Å². The lowest BCUT2D eigenvalue weighted by atomic mass is 10.1. The maximum atomic E-state index is 5.53. The smallest absolute Gasteiger partial charge is 0.156 e. The molecule has 3 nitrogen and oxygen atoms in total. The van der Waals surface area contributed by atoms with Gasteiger partial charge < -0.3 is 0 Å². The van der Waals surface area contributed by atoms with Gasteiger partial charge in [-0.3, -0.25) is 5.32 Å². The van der Waals surface area contributed by atoms with Crippen molar-refractivity contribution in [3.8, 4) is 0 Å². The summed E-state index contributed by atoms with van der Waals surface area (Å²) in [4.78, 5) is 11.1. The van der Waals surface area contributed by atoms with Crippen molar-refractivity contribution in [3.05, 3.63) is 0 Å². The van der Waals surface area contributed by atoms with E-state index in [1.807, 2.05) is 0 Å². The molecule has 0 unspecified atom stereocenters. The zero-order valence-electron chi connectivity index (χ0n) is 7.97. The molecule has 1 aliphatic heterocycles. The zero-order valence-corrected chi connectivity index (χ0v) is 7.97. The van der Waals surface area contributed by atoms with Crippen LogP contribution in [0.4, 0.5) is 0 Å². The minimum absolute atomic E-state index is 0.107. The van der Waals surface area contributed by atoms with E-state index in [1.54, 1.807) is 0 Å². The van der Waals surface area contributed by atoms with E-state index in [1.165, 1.54) is 25.7 Å². The molecule has 1 saturated heterocycles. The van der Waals surface area contributed by atoms with Crippen LogP contribution in [0.3, 0.4) is 0 Å². The predicted octanol–water partition coefficient (Wildman–Crippen LogP) is 2.08.